The van der Waals surface area contributed by atoms with Gasteiger partial charge in [-0.3, -0.25) is 0 Å². The Morgan fingerprint density at radius 3 is 2.76 bits per heavy atom. The van der Waals surface area contributed by atoms with Crippen molar-refractivity contribution in [1.82, 2.24) is 20.2 Å². The van der Waals surface area contributed by atoms with Gasteiger partial charge in [0.05, 0.1) is 0 Å². The number of benzene rings is 2. The van der Waals surface area contributed by atoms with Crippen LogP contribution in [0.15, 0.2) is 48.5 Å². The van der Waals surface area contributed by atoms with E-state index in [4.69, 9.17) is 0 Å². The molecule has 0 fully saturated rings. The average Bonchev–Trinajstić information content (AvgIpc) is 2.93. The Morgan fingerprint density at radius 2 is 2.00 bits per heavy atom. The maximum Gasteiger partial charge on any atom is 0.181 e. The van der Waals surface area contributed by atoms with Crippen LogP contribution in [0.2, 0.25) is 0 Å². The highest BCUT2D eigenvalue weighted by atomic mass is 19.1. The minimum atomic E-state index is -0.210. The van der Waals surface area contributed by atoms with Crippen LogP contribution in [0.5, 0.6) is 0 Å². The zero-order valence-electron chi connectivity index (χ0n) is 11.5. The third kappa shape index (κ3) is 2.89. The van der Waals surface area contributed by atoms with Crippen LogP contribution in [-0.2, 0) is 13.6 Å². The van der Waals surface area contributed by atoms with Gasteiger partial charge in [0.2, 0.25) is 0 Å². The molecule has 0 bridgehead atoms. The van der Waals surface area contributed by atoms with Gasteiger partial charge >= 0.3 is 0 Å². The van der Waals surface area contributed by atoms with Gasteiger partial charge in [0.25, 0.3) is 0 Å². The Labute approximate surface area is 121 Å². The van der Waals surface area contributed by atoms with E-state index < -0.39 is 0 Å². The third-order valence-corrected chi connectivity index (χ3v) is 3.18. The summed E-state index contributed by atoms with van der Waals surface area (Å²) in [4.78, 5) is 0. The average molecular weight is 283 g/mol. The summed E-state index contributed by atoms with van der Waals surface area (Å²) in [7, 11) is 1.79. The molecule has 1 N–H and O–H groups in total. The lowest BCUT2D eigenvalue weighted by atomic mass is 10.1. The molecule has 0 aliphatic carbocycles. The van der Waals surface area contributed by atoms with Crippen molar-refractivity contribution in [2.75, 3.05) is 5.32 Å². The number of nitrogens with one attached hydrogen (secondary N) is 1. The van der Waals surface area contributed by atoms with E-state index in [1.165, 1.54) is 6.07 Å². The van der Waals surface area contributed by atoms with E-state index in [1.54, 1.807) is 23.9 Å². The minimum absolute atomic E-state index is 0.210. The third-order valence-electron chi connectivity index (χ3n) is 3.18. The topological polar surface area (TPSA) is 55.6 Å². The molecule has 0 saturated carbocycles. The van der Waals surface area contributed by atoms with Crippen molar-refractivity contribution in [3.63, 3.8) is 0 Å². The highest BCUT2D eigenvalue weighted by Gasteiger charge is 2.06. The predicted octanol–water partition coefficient (Wildman–Crippen LogP) is 2.63. The lowest BCUT2D eigenvalue weighted by Gasteiger charge is -2.08. The van der Waals surface area contributed by atoms with Gasteiger partial charge in [0.1, 0.15) is 5.82 Å². The smallest absolute Gasteiger partial charge is 0.181 e. The van der Waals surface area contributed by atoms with Crippen LogP contribution < -0.4 is 5.32 Å². The number of nitrogens with zero attached hydrogens (tertiary/aromatic N) is 4. The van der Waals surface area contributed by atoms with Crippen molar-refractivity contribution in [3.8, 4) is 11.4 Å². The first kappa shape index (κ1) is 13.2. The Balaban J connectivity index is 1.78. The lowest BCUT2D eigenvalue weighted by Crippen LogP contribution is -2.02. The first-order valence-electron chi connectivity index (χ1n) is 6.54. The van der Waals surface area contributed by atoms with Gasteiger partial charge in [0.15, 0.2) is 5.82 Å². The number of anilines is 1. The Morgan fingerprint density at radius 1 is 1.14 bits per heavy atom. The molecule has 3 aromatic rings. The number of aryl methyl sites for hydroxylation is 1. The Hall–Kier alpha value is -2.76. The van der Waals surface area contributed by atoms with Crippen molar-refractivity contribution in [2.24, 2.45) is 7.05 Å². The van der Waals surface area contributed by atoms with E-state index in [2.05, 4.69) is 20.8 Å². The molecule has 0 unspecified atom stereocenters. The van der Waals surface area contributed by atoms with Crippen LogP contribution in [0.1, 0.15) is 5.56 Å². The summed E-state index contributed by atoms with van der Waals surface area (Å²) >= 11 is 0. The van der Waals surface area contributed by atoms with Crippen LogP contribution in [0, 0.1) is 5.82 Å². The Bertz CT molecular complexity index is 753. The van der Waals surface area contributed by atoms with Crippen molar-refractivity contribution in [3.05, 3.63) is 59.9 Å². The second-order valence-electron chi connectivity index (χ2n) is 4.65. The van der Waals surface area contributed by atoms with Crippen LogP contribution >= 0.6 is 0 Å². The number of tetrazole rings is 1. The van der Waals surface area contributed by atoms with Gasteiger partial charge < -0.3 is 5.32 Å². The van der Waals surface area contributed by atoms with E-state index in [9.17, 15) is 4.39 Å². The molecule has 0 aliphatic heterocycles. The van der Waals surface area contributed by atoms with E-state index >= 15 is 0 Å². The molecule has 0 saturated heterocycles. The summed E-state index contributed by atoms with van der Waals surface area (Å²) in [5, 5.41) is 14.6. The van der Waals surface area contributed by atoms with E-state index in [0.717, 1.165) is 11.3 Å². The summed E-state index contributed by atoms with van der Waals surface area (Å²) in [5.74, 6) is 0.475. The van der Waals surface area contributed by atoms with Crippen molar-refractivity contribution in [1.29, 1.82) is 0 Å². The van der Waals surface area contributed by atoms with Gasteiger partial charge in [-0.25, -0.2) is 9.07 Å². The van der Waals surface area contributed by atoms with Crippen LogP contribution in [0.25, 0.3) is 11.4 Å². The molecule has 21 heavy (non-hydrogen) atoms. The molecule has 1 aromatic heterocycles. The van der Waals surface area contributed by atoms with Crippen LogP contribution in [-0.4, -0.2) is 20.2 Å². The highest BCUT2D eigenvalue weighted by Crippen LogP contribution is 2.20. The fourth-order valence-corrected chi connectivity index (χ4v) is 2.08. The van der Waals surface area contributed by atoms with E-state index in [1.807, 2.05) is 30.3 Å². The normalized spacial score (nSPS) is 10.6. The number of halogens is 1. The van der Waals surface area contributed by atoms with Crippen LogP contribution in [0.3, 0.4) is 0 Å². The zero-order chi connectivity index (χ0) is 14.7. The first-order chi connectivity index (χ1) is 10.2. The molecule has 2 aromatic carbocycles. The number of hydrogen-bond acceptors (Lipinski definition) is 4. The lowest BCUT2D eigenvalue weighted by molar-refractivity contribution is 0.613. The van der Waals surface area contributed by atoms with Crippen LogP contribution in [0.4, 0.5) is 10.1 Å². The maximum absolute atomic E-state index is 13.6. The fraction of sp³-hybridized carbons (Fsp3) is 0.133. The molecule has 3 rings (SSSR count). The summed E-state index contributed by atoms with van der Waals surface area (Å²) in [5.41, 5.74) is 2.42. The Kier molecular flexibility index (Phi) is 3.59. The van der Waals surface area contributed by atoms with Crippen molar-refractivity contribution >= 4 is 5.69 Å². The van der Waals surface area contributed by atoms with Gasteiger partial charge in [0, 0.05) is 30.4 Å². The highest BCUT2D eigenvalue weighted by molar-refractivity contribution is 5.62. The molecule has 0 atom stereocenters. The second-order valence-corrected chi connectivity index (χ2v) is 4.65. The summed E-state index contributed by atoms with van der Waals surface area (Å²) in [6.07, 6.45) is 0. The first-order valence-corrected chi connectivity index (χ1v) is 6.54. The van der Waals surface area contributed by atoms with Gasteiger partial charge in [-0.1, -0.05) is 30.3 Å². The molecule has 5 nitrogen and oxygen atoms in total. The van der Waals surface area contributed by atoms with E-state index in [0.29, 0.717) is 17.9 Å². The number of aromatic nitrogens is 4. The molecule has 0 spiro atoms. The fourth-order valence-electron chi connectivity index (χ4n) is 2.08. The van der Waals surface area contributed by atoms with Gasteiger partial charge in [-0.05, 0) is 28.6 Å². The predicted molar refractivity (Wildman–Crippen MR) is 78.0 cm³/mol. The SMILES string of the molecule is Cn1nnnc1-c1cccc(NCc2ccccc2F)c1. The van der Waals surface area contributed by atoms with Crippen molar-refractivity contribution < 1.29 is 4.39 Å². The summed E-state index contributed by atoms with van der Waals surface area (Å²) in [6.45, 7) is 0.424. The van der Waals surface area contributed by atoms with Gasteiger partial charge in [-0.15, -0.1) is 5.10 Å². The van der Waals surface area contributed by atoms with E-state index in [-0.39, 0.29) is 5.82 Å². The molecule has 0 aliphatic rings. The van der Waals surface area contributed by atoms with Gasteiger partial charge in [-0.2, -0.15) is 0 Å². The molecule has 106 valence electrons. The quantitative estimate of drug-likeness (QED) is 0.799. The monoisotopic (exact) mass is 283 g/mol. The summed E-state index contributed by atoms with van der Waals surface area (Å²) in [6, 6.07) is 14.4. The molecule has 0 amide bonds. The summed E-state index contributed by atoms with van der Waals surface area (Å²) < 4.78 is 15.2. The second kappa shape index (κ2) is 5.70. The molecule has 6 heteroatoms. The number of rotatable bonds is 4. The molecular weight excluding hydrogens is 269 g/mol. The molecule has 1 heterocycles. The number of hydrogen-bond donors (Lipinski definition) is 1. The minimum Gasteiger partial charge on any atom is -0.381 e. The standard InChI is InChI=1S/C15H14FN5/c1-21-15(18-19-20-21)11-6-4-7-13(9-11)17-10-12-5-2-3-8-14(12)16/h2-9,17H,10H2,1H3. The molecular formula is C15H14FN5. The molecule has 0 radical (unpaired) electrons. The zero-order valence-corrected chi connectivity index (χ0v) is 11.5. The largest absolute Gasteiger partial charge is 0.381 e. The maximum atomic E-state index is 13.6. The van der Waals surface area contributed by atoms with Crippen molar-refractivity contribution in [2.45, 2.75) is 6.54 Å².